The topological polar surface area (TPSA) is 61.9 Å². The van der Waals surface area contributed by atoms with Crippen molar-refractivity contribution in [1.82, 2.24) is 15.1 Å². The van der Waals surface area contributed by atoms with Gasteiger partial charge < -0.3 is 15.0 Å². The van der Waals surface area contributed by atoms with Crippen molar-refractivity contribution < 1.29 is 14.3 Å². The van der Waals surface area contributed by atoms with Crippen LogP contribution in [0.1, 0.15) is 72.1 Å². The van der Waals surface area contributed by atoms with E-state index < -0.39 is 5.60 Å². The molecule has 6 heteroatoms. The third-order valence-electron chi connectivity index (χ3n) is 5.43. The normalized spacial score (nSPS) is 22.7. The number of amides is 2. The van der Waals surface area contributed by atoms with Gasteiger partial charge in [0.15, 0.2) is 0 Å². The molecule has 1 aliphatic carbocycles. The molecule has 1 saturated carbocycles. The van der Waals surface area contributed by atoms with Crippen LogP contribution in [0.5, 0.6) is 0 Å². The summed E-state index contributed by atoms with van der Waals surface area (Å²) in [6.07, 6.45) is 9.19. The first-order chi connectivity index (χ1) is 12.7. The minimum Gasteiger partial charge on any atom is -0.444 e. The van der Waals surface area contributed by atoms with Gasteiger partial charge in [-0.05, 0) is 58.9 Å². The standard InChI is InChI=1S/C21H39N3O3/c1-21(2,3)27-20(26)23(4)14-17-10-9-13-24(15-17)16-19(25)22-18-11-7-5-6-8-12-18/h17-18H,5-16H2,1-4H3,(H,22,25). The van der Waals surface area contributed by atoms with Gasteiger partial charge in [0.05, 0.1) is 6.54 Å². The third kappa shape index (κ3) is 8.50. The van der Waals surface area contributed by atoms with Gasteiger partial charge in [-0.15, -0.1) is 0 Å². The molecule has 0 aromatic rings. The van der Waals surface area contributed by atoms with Crippen LogP contribution in [-0.4, -0.2) is 66.7 Å². The number of rotatable bonds is 5. The number of nitrogens with zero attached hydrogens (tertiary/aromatic N) is 2. The van der Waals surface area contributed by atoms with Crippen molar-refractivity contribution in [3.05, 3.63) is 0 Å². The predicted molar refractivity (Wildman–Crippen MR) is 108 cm³/mol. The van der Waals surface area contributed by atoms with Crippen molar-refractivity contribution in [1.29, 1.82) is 0 Å². The molecule has 2 aliphatic rings. The predicted octanol–water partition coefficient (Wildman–Crippen LogP) is 3.40. The lowest BCUT2D eigenvalue weighted by Crippen LogP contribution is -2.47. The zero-order valence-electron chi connectivity index (χ0n) is 17.8. The summed E-state index contributed by atoms with van der Waals surface area (Å²) >= 11 is 0. The molecule has 2 fully saturated rings. The fraction of sp³-hybridized carbons (Fsp3) is 0.905. The summed E-state index contributed by atoms with van der Waals surface area (Å²) in [4.78, 5) is 28.5. The molecule has 1 N–H and O–H groups in total. The number of likely N-dealkylation sites (tertiary alicyclic amines) is 1. The first kappa shape index (κ1) is 22.0. The zero-order chi connectivity index (χ0) is 19.9. The molecule has 27 heavy (non-hydrogen) atoms. The van der Waals surface area contributed by atoms with E-state index in [9.17, 15) is 9.59 Å². The molecule has 2 rings (SSSR count). The third-order valence-corrected chi connectivity index (χ3v) is 5.43. The average molecular weight is 382 g/mol. The molecule has 0 aromatic heterocycles. The van der Waals surface area contributed by atoms with Crippen molar-refractivity contribution in [3.8, 4) is 0 Å². The summed E-state index contributed by atoms with van der Waals surface area (Å²) in [6, 6.07) is 0.360. The van der Waals surface area contributed by atoms with Crippen molar-refractivity contribution >= 4 is 12.0 Å². The van der Waals surface area contributed by atoms with E-state index in [4.69, 9.17) is 4.74 Å². The molecule has 1 atom stereocenters. The average Bonchev–Trinajstić information content (AvgIpc) is 2.82. The van der Waals surface area contributed by atoms with E-state index in [1.54, 1.807) is 11.9 Å². The minimum absolute atomic E-state index is 0.156. The highest BCUT2D eigenvalue weighted by Crippen LogP contribution is 2.19. The van der Waals surface area contributed by atoms with E-state index in [1.807, 2.05) is 20.8 Å². The number of hydrogen-bond donors (Lipinski definition) is 1. The summed E-state index contributed by atoms with van der Waals surface area (Å²) in [5.74, 6) is 0.546. The highest BCUT2D eigenvalue weighted by molar-refractivity contribution is 5.78. The molecule has 156 valence electrons. The van der Waals surface area contributed by atoms with Crippen LogP contribution in [0.15, 0.2) is 0 Å². The fourth-order valence-corrected chi connectivity index (χ4v) is 4.15. The van der Waals surface area contributed by atoms with Crippen LogP contribution in [0, 0.1) is 5.92 Å². The highest BCUT2D eigenvalue weighted by Gasteiger charge is 2.26. The Labute approximate surface area is 165 Å². The number of carbonyl (C=O) groups is 2. The lowest BCUT2D eigenvalue weighted by molar-refractivity contribution is -0.123. The van der Waals surface area contributed by atoms with Gasteiger partial charge in [0.25, 0.3) is 0 Å². The van der Waals surface area contributed by atoms with Crippen LogP contribution in [0.2, 0.25) is 0 Å². The van der Waals surface area contributed by atoms with Gasteiger partial charge in [-0.3, -0.25) is 9.69 Å². The van der Waals surface area contributed by atoms with Crippen molar-refractivity contribution in [3.63, 3.8) is 0 Å². The van der Waals surface area contributed by atoms with Crippen molar-refractivity contribution in [2.75, 3.05) is 33.2 Å². The Balaban J connectivity index is 1.74. The summed E-state index contributed by atoms with van der Waals surface area (Å²) < 4.78 is 5.44. The van der Waals surface area contributed by atoms with E-state index in [0.717, 1.165) is 38.8 Å². The second-order valence-electron chi connectivity index (χ2n) is 9.36. The highest BCUT2D eigenvalue weighted by atomic mass is 16.6. The van der Waals surface area contributed by atoms with E-state index in [1.165, 1.54) is 25.7 Å². The van der Waals surface area contributed by atoms with Crippen LogP contribution >= 0.6 is 0 Å². The van der Waals surface area contributed by atoms with E-state index >= 15 is 0 Å². The lowest BCUT2D eigenvalue weighted by Gasteiger charge is -2.35. The Bertz CT molecular complexity index is 482. The Morgan fingerprint density at radius 1 is 1.07 bits per heavy atom. The summed E-state index contributed by atoms with van der Waals surface area (Å²) in [6.45, 7) is 8.63. The number of ether oxygens (including phenoxy) is 1. The maximum atomic E-state index is 12.4. The van der Waals surface area contributed by atoms with Gasteiger partial charge in [0.1, 0.15) is 5.60 Å². The maximum absolute atomic E-state index is 12.4. The van der Waals surface area contributed by atoms with Gasteiger partial charge in [-0.1, -0.05) is 25.7 Å². The molecule has 1 aliphatic heterocycles. The van der Waals surface area contributed by atoms with Crippen LogP contribution in [-0.2, 0) is 9.53 Å². The monoisotopic (exact) mass is 381 g/mol. The first-order valence-electron chi connectivity index (χ1n) is 10.7. The SMILES string of the molecule is CN(CC1CCCN(CC(=O)NC2CCCCCC2)C1)C(=O)OC(C)(C)C. The van der Waals surface area contributed by atoms with Crippen LogP contribution in [0.25, 0.3) is 0 Å². The van der Waals surface area contributed by atoms with Crippen molar-refractivity contribution in [2.45, 2.75) is 83.8 Å². The van der Waals surface area contributed by atoms with E-state index in [0.29, 0.717) is 25.0 Å². The number of piperidine rings is 1. The molecular formula is C21H39N3O3. The molecule has 1 heterocycles. The van der Waals surface area contributed by atoms with E-state index in [-0.39, 0.29) is 12.0 Å². The smallest absolute Gasteiger partial charge is 0.410 e. The number of carbonyl (C=O) groups excluding carboxylic acids is 2. The number of nitrogens with one attached hydrogen (secondary N) is 1. The van der Waals surface area contributed by atoms with Gasteiger partial charge >= 0.3 is 6.09 Å². The molecule has 0 radical (unpaired) electrons. The van der Waals surface area contributed by atoms with Crippen molar-refractivity contribution in [2.24, 2.45) is 5.92 Å². The van der Waals surface area contributed by atoms with E-state index in [2.05, 4.69) is 10.2 Å². The second kappa shape index (κ2) is 10.3. The lowest BCUT2D eigenvalue weighted by atomic mass is 9.97. The molecule has 0 bridgehead atoms. The molecule has 1 saturated heterocycles. The van der Waals surface area contributed by atoms with Gasteiger partial charge in [-0.25, -0.2) is 4.79 Å². The van der Waals surface area contributed by atoms with Crippen LogP contribution < -0.4 is 5.32 Å². The quantitative estimate of drug-likeness (QED) is 0.742. The molecular weight excluding hydrogens is 342 g/mol. The Morgan fingerprint density at radius 3 is 2.37 bits per heavy atom. The Morgan fingerprint density at radius 2 is 1.74 bits per heavy atom. The summed E-state index contributed by atoms with van der Waals surface area (Å²) in [5.41, 5.74) is -0.472. The van der Waals surface area contributed by atoms with Crippen LogP contribution in [0.3, 0.4) is 0 Å². The summed E-state index contributed by atoms with van der Waals surface area (Å²) in [5, 5.41) is 3.24. The second-order valence-corrected chi connectivity index (χ2v) is 9.36. The maximum Gasteiger partial charge on any atom is 0.410 e. The molecule has 1 unspecified atom stereocenters. The molecule has 6 nitrogen and oxygen atoms in total. The van der Waals surface area contributed by atoms with Gasteiger partial charge in [-0.2, -0.15) is 0 Å². The van der Waals surface area contributed by atoms with Crippen LogP contribution in [0.4, 0.5) is 4.79 Å². The fourth-order valence-electron chi connectivity index (χ4n) is 4.15. The zero-order valence-corrected chi connectivity index (χ0v) is 17.8. The number of hydrogen-bond acceptors (Lipinski definition) is 4. The summed E-state index contributed by atoms with van der Waals surface area (Å²) in [7, 11) is 1.80. The van der Waals surface area contributed by atoms with Gasteiger partial charge in [0.2, 0.25) is 5.91 Å². The first-order valence-corrected chi connectivity index (χ1v) is 10.7. The molecule has 0 aromatic carbocycles. The minimum atomic E-state index is -0.472. The Kier molecular flexibility index (Phi) is 8.39. The Hall–Kier alpha value is -1.30. The molecule has 0 spiro atoms. The largest absolute Gasteiger partial charge is 0.444 e. The molecule has 2 amide bonds. The van der Waals surface area contributed by atoms with Gasteiger partial charge in [0, 0.05) is 26.2 Å².